The van der Waals surface area contributed by atoms with Gasteiger partial charge in [0.1, 0.15) is 79.4 Å². The van der Waals surface area contributed by atoms with Crippen LogP contribution in [0.15, 0.2) is 0 Å². The van der Waals surface area contributed by atoms with E-state index in [1.165, 1.54) is 0 Å². The molecule has 0 amide bonds. The van der Waals surface area contributed by atoms with Crippen LogP contribution in [0.25, 0.3) is 0 Å². The predicted molar refractivity (Wildman–Crippen MR) is 134 cm³/mol. The van der Waals surface area contributed by atoms with Crippen LogP contribution >= 0.6 is 0 Å². The van der Waals surface area contributed by atoms with Crippen LogP contribution in [0.3, 0.4) is 0 Å². The van der Waals surface area contributed by atoms with Gasteiger partial charge < -0.3 is 97.3 Å². The number of rotatable bonds is 9. The molecule has 17 N–H and O–H groups in total. The van der Waals surface area contributed by atoms with Crippen molar-refractivity contribution < 1.29 is 74.4 Å². The molecule has 19 heteroatoms. The summed E-state index contributed by atoms with van der Waals surface area (Å²) in [7, 11) is 0. The van der Waals surface area contributed by atoms with E-state index in [9.17, 15) is 46.0 Å². The van der Waals surface area contributed by atoms with E-state index >= 15 is 0 Å². The molecular weight excluding hydrogens is 572 g/mol. The Labute approximate surface area is 240 Å². The number of hydrogen-bond donors (Lipinski definition) is 13. The Morgan fingerprint density at radius 2 is 0.929 bits per heavy atom. The van der Waals surface area contributed by atoms with Gasteiger partial charge in [0.15, 0.2) is 18.9 Å². The van der Waals surface area contributed by atoms with Crippen LogP contribution in [0, 0.1) is 0 Å². The molecule has 0 aromatic heterocycles. The highest BCUT2D eigenvalue weighted by molar-refractivity contribution is 5.03. The third kappa shape index (κ3) is 6.60. The van der Waals surface area contributed by atoms with Gasteiger partial charge in [0, 0.05) is 18.6 Å². The Morgan fingerprint density at radius 3 is 1.40 bits per heavy atom. The fraction of sp³-hybridized carbons (Fsp3) is 1.00. The zero-order chi connectivity index (χ0) is 31.0. The molecule has 3 saturated heterocycles. The molecule has 1 aliphatic carbocycles. The standard InChI is InChI=1S/C23H44N4O15/c24-2-7-12(31)15(34)17(36)23(37-7)41-19-6(26)1-5(25)18(20(19)42-22-16(35)13(32)9(4-29)39-22)40-21-14(33)10(27)11(30)8(3-28)38-21/h5-23,28-36H,1-4,24-27H2/t5-,6+,7-,8-,9-,10+,11-,12-,13-,14-,15+,16-,17-,18+,19-,20-,21-,22+,23-/m1/s1. The molecule has 19 nitrogen and oxygen atoms in total. The quantitative estimate of drug-likeness (QED) is 0.114. The van der Waals surface area contributed by atoms with Gasteiger partial charge in [-0.3, -0.25) is 0 Å². The summed E-state index contributed by atoms with van der Waals surface area (Å²) in [6.07, 6.45) is -23.6. The molecular formula is C23H44N4O15. The first-order chi connectivity index (χ1) is 19.8. The van der Waals surface area contributed by atoms with Crippen molar-refractivity contribution in [2.75, 3.05) is 19.8 Å². The van der Waals surface area contributed by atoms with Crippen LogP contribution in [0.2, 0.25) is 0 Å². The zero-order valence-corrected chi connectivity index (χ0v) is 22.6. The number of aliphatic hydroxyl groups excluding tert-OH is 9. The lowest BCUT2D eigenvalue weighted by atomic mass is 9.84. The number of hydrogen-bond acceptors (Lipinski definition) is 19. The average molecular weight is 617 g/mol. The van der Waals surface area contributed by atoms with Gasteiger partial charge in [0.2, 0.25) is 0 Å². The van der Waals surface area contributed by atoms with Gasteiger partial charge in [0.25, 0.3) is 0 Å². The Hall–Kier alpha value is -0.760. The summed E-state index contributed by atoms with van der Waals surface area (Å²) >= 11 is 0. The lowest BCUT2D eigenvalue weighted by Gasteiger charge is -2.49. The molecule has 3 aliphatic heterocycles. The van der Waals surface area contributed by atoms with Gasteiger partial charge in [-0.25, -0.2) is 0 Å². The Balaban J connectivity index is 1.63. The van der Waals surface area contributed by atoms with Crippen LogP contribution < -0.4 is 22.9 Å². The summed E-state index contributed by atoms with van der Waals surface area (Å²) in [5.74, 6) is 0. The molecule has 19 atom stereocenters. The van der Waals surface area contributed by atoms with E-state index < -0.39 is 130 Å². The normalized spacial score (nSPS) is 53.8. The van der Waals surface area contributed by atoms with Crippen LogP contribution in [0.4, 0.5) is 0 Å². The molecule has 0 radical (unpaired) electrons. The number of ether oxygens (including phenoxy) is 6. The van der Waals surface area contributed by atoms with Crippen LogP contribution in [0.5, 0.6) is 0 Å². The monoisotopic (exact) mass is 616 g/mol. The van der Waals surface area contributed by atoms with Crippen molar-refractivity contribution in [3.8, 4) is 0 Å². The average Bonchev–Trinajstić information content (AvgIpc) is 3.24. The second-order valence-electron chi connectivity index (χ2n) is 11.1. The smallest absolute Gasteiger partial charge is 0.187 e. The van der Waals surface area contributed by atoms with E-state index in [0.29, 0.717) is 0 Å². The summed E-state index contributed by atoms with van der Waals surface area (Å²) in [5, 5.41) is 91.9. The van der Waals surface area contributed by atoms with Gasteiger partial charge in [0.05, 0.1) is 19.3 Å². The summed E-state index contributed by atoms with van der Waals surface area (Å²) in [4.78, 5) is 0. The molecule has 0 unspecified atom stereocenters. The van der Waals surface area contributed by atoms with Crippen molar-refractivity contribution >= 4 is 0 Å². The van der Waals surface area contributed by atoms with E-state index in [2.05, 4.69) is 0 Å². The van der Waals surface area contributed by atoms with E-state index in [-0.39, 0.29) is 13.0 Å². The molecule has 0 aromatic rings. The number of nitrogens with two attached hydrogens (primary N) is 4. The second-order valence-corrected chi connectivity index (χ2v) is 11.1. The van der Waals surface area contributed by atoms with Crippen LogP contribution in [-0.2, 0) is 28.4 Å². The van der Waals surface area contributed by atoms with Crippen molar-refractivity contribution in [3.05, 3.63) is 0 Å². The first-order valence-electron chi connectivity index (χ1n) is 13.7. The van der Waals surface area contributed by atoms with Crippen molar-refractivity contribution in [2.24, 2.45) is 22.9 Å². The van der Waals surface area contributed by atoms with Gasteiger partial charge >= 0.3 is 0 Å². The van der Waals surface area contributed by atoms with Gasteiger partial charge in [-0.05, 0) is 6.42 Å². The molecule has 0 bridgehead atoms. The topological polar surface area (TPSA) is 342 Å². The van der Waals surface area contributed by atoms with Crippen molar-refractivity contribution in [1.29, 1.82) is 0 Å². The molecule has 1 saturated carbocycles. The largest absolute Gasteiger partial charge is 0.394 e. The van der Waals surface area contributed by atoms with Gasteiger partial charge in [-0.15, -0.1) is 0 Å². The molecule has 246 valence electrons. The minimum Gasteiger partial charge on any atom is -0.394 e. The molecule has 4 fully saturated rings. The Kier molecular flexibility index (Phi) is 11.5. The minimum absolute atomic E-state index is 0.0135. The maximum atomic E-state index is 10.7. The summed E-state index contributed by atoms with van der Waals surface area (Å²) in [6, 6.07) is -3.22. The third-order valence-electron chi connectivity index (χ3n) is 8.25. The van der Waals surface area contributed by atoms with E-state index in [4.69, 9.17) is 51.4 Å². The Bertz CT molecular complexity index is 815. The SMILES string of the molecule is NC[C@H]1O[C@H](O[C@H]2[C@H](O[C@@H]3O[C@H](CO)[C@@H](O)[C@H]3O)[C@@H](O[C@H]3O[C@H](CO)[C@@H](O)[C@H](N)[C@H]3O)[C@H](N)C[C@@H]2N)[C@H](O)[C@@H](O)[C@@H]1O. The van der Waals surface area contributed by atoms with E-state index in [1.54, 1.807) is 0 Å². The van der Waals surface area contributed by atoms with Crippen LogP contribution in [-0.4, -0.2) is 182 Å². The van der Waals surface area contributed by atoms with Crippen molar-refractivity contribution in [2.45, 2.75) is 123 Å². The predicted octanol–water partition coefficient (Wildman–Crippen LogP) is -8.83. The Morgan fingerprint density at radius 1 is 0.524 bits per heavy atom. The van der Waals surface area contributed by atoms with E-state index in [0.717, 1.165) is 0 Å². The fourth-order valence-electron chi connectivity index (χ4n) is 5.66. The van der Waals surface area contributed by atoms with E-state index in [1.807, 2.05) is 0 Å². The molecule has 4 aliphatic rings. The van der Waals surface area contributed by atoms with Crippen molar-refractivity contribution in [3.63, 3.8) is 0 Å². The fourth-order valence-corrected chi connectivity index (χ4v) is 5.66. The molecule has 4 rings (SSSR count). The summed E-state index contributed by atoms with van der Waals surface area (Å²) in [6.45, 7) is -1.56. The third-order valence-corrected chi connectivity index (χ3v) is 8.25. The minimum atomic E-state index is -1.77. The molecule has 0 spiro atoms. The van der Waals surface area contributed by atoms with Gasteiger partial charge in [-0.1, -0.05) is 0 Å². The van der Waals surface area contributed by atoms with Gasteiger partial charge in [-0.2, -0.15) is 0 Å². The molecule has 42 heavy (non-hydrogen) atoms. The highest BCUT2D eigenvalue weighted by atomic mass is 16.8. The number of aliphatic hydroxyl groups is 9. The maximum Gasteiger partial charge on any atom is 0.187 e. The first kappa shape index (κ1) is 34.1. The second kappa shape index (κ2) is 14.1. The first-order valence-corrected chi connectivity index (χ1v) is 13.7. The highest BCUT2D eigenvalue weighted by Crippen LogP contribution is 2.35. The summed E-state index contributed by atoms with van der Waals surface area (Å²) in [5.41, 5.74) is 24.3. The zero-order valence-electron chi connectivity index (χ0n) is 22.6. The molecule has 0 aromatic carbocycles. The van der Waals surface area contributed by atoms with Crippen molar-refractivity contribution in [1.82, 2.24) is 0 Å². The molecule has 3 heterocycles. The summed E-state index contributed by atoms with van der Waals surface area (Å²) < 4.78 is 34.5. The lowest BCUT2D eigenvalue weighted by molar-refractivity contribution is -0.346. The maximum absolute atomic E-state index is 10.7. The van der Waals surface area contributed by atoms with Crippen LogP contribution in [0.1, 0.15) is 6.42 Å². The highest BCUT2D eigenvalue weighted by Gasteiger charge is 2.54. The lowest BCUT2D eigenvalue weighted by Crippen LogP contribution is -2.69.